The van der Waals surface area contributed by atoms with Crippen LogP contribution >= 0.6 is 11.3 Å². The van der Waals surface area contributed by atoms with Crippen LogP contribution < -0.4 is 10.6 Å². The number of amides is 2. The molecule has 2 N–H and O–H groups in total. The topological polar surface area (TPSA) is 112 Å². The number of carbonyl (C=O) groups is 3. The zero-order valence-electron chi connectivity index (χ0n) is 12.8. The van der Waals surface area contributed by atoms with Crippen molar-refractivity contribution in [2.24, 2.45) is 11.7 Å². The number of ether oxygens (including phenoxy) is 1. The van der Waals surface area contributed by atoms with E-state index in [1.54, 1.807) is 12.3 Å². The lowest BCUT2D eigenvalue weighted by Gasteiger charge is -2.31. The molecular weight excluding hydrogens is 322 g/mol. The molecular formula is C14H19N3O5S. The quantitative estimate of drug-likeness (QED) is 0.725. The van der Waals surface area contributed by atoms with Crippen LogP contribution in [0.3, 0.4) is 0 Å². The molecule has 1 aromatic rings. The minimum absolute atomic E-state index is 0.217. The van der Waals surface area contributed by atoms with Gasteiger partial charge in [-0.3, -0.25) is 23.7 Å². The number of nitrogens with two attached hydrogens (primary N) is 1. The lowest BCUT2D eigenvalue weighted by Crippen LogP contribution is -2.45. The van der Waals surface area contributed by atoms with Gasteiger partial charge in [-0.15, -0.1) is 0 Å². The number of esters is 1. The molecule has 2 heterocycles. The number of hydrogen-bond acceptors (Lipinski definition) is 6. The van der Waals surface area contributed by atoms with E-state index in [-0.39, 0.29) is 29.8 Å². The van der Waals surface area contributed by atoms with Crippen molar-refractivity contribution in [1.29, 1.82) is 0 Å². The first-order valence-electron chi connectivity index (χ1n) is 7.26. The summed E-state index contributed by atoms with van der Waals surface area (Å²) in [7, 11) is 0. The first-order valence-corrected chi connectivity index (χ1v) is 8.14. The highest BCUT2D eigenvalue weighted by Crippen LogP contribution is 2.16. The monoisotopic (exact) mass is 341 g/mol. The van der Waals surface area contributed by atoms with Crippen molar-refractivity contribution in [2.45, 2.75) is 26.3 Å². The summed E-state index contributed by atoms with van der Waals surface area (Å²) >= 11 is 1.00. The minimum Gasteiger partial charge on any atom is -0.454 e. The van der Waals surface area contributed by atoms with Crippen LogP contribution in [0.5, 0.6) is 0 Å². The van der Waals surface area contributed by atoms with E-state index in [9.17, 15) is 19.2 Å². The van der Waals surface area contributed by atoms with Crippen LogP contribution in [0.25, 0.3) is 0 Å². The van der Waals surface area contributed by atoms with Gasteiger partial charge >= 0.3 is 10.8 Å². The molecule has 1 atom stereocenters. The molecule has 1 saturated heterocycles. The molecule has 1 aliphatic rings. The lowest BCUT2D eigenvalue weighted by atomic mass is 9.97. The molecule has 2 amide bonds. The van der Waals surface area contributed by atoms with Crippen LogP contribution in [0.2, 0.25) is 0 Å². The van der Waals surface area contributed by atoms with Crippen molar-refractivity contribution in [1.82, 2.24) is 9.47 Å². The zero-order valence-corrected chi connectivity index (χ0v) is 13.6. The Kier molecular flexibility index (Phi) is 5.54. The van der Waals surface area contributed by atoms with Gasteiger partial charge in [-0.1, -0.05) is 11.3 Å². The number of carbonyl (C=O) groups excluding carboxylic acids is 3. The fourth-order valence-corrected chi connectivity index (χ4v) is 3.17. The Hall–Kier alpha value is -2.16. The summed E-state index contributed by atoms with van der Waals surface area (Å²) in [5.41, 5.74) is 5.93. The number of rotatable bonds is 5. The van der Waals surface area contributed by atoms with Gasteiger partial charge in [0, 0.05) is 24.2 Å². The first-order chi connectivity index (χ1) is 10.9. The third-order valence-corrected chi connectivity index (χ3v) is 4.68. The maximum atomic E-state index is 12.0. The Bertz CT molecular complexity index is 666. The minimum atomic E-state index is -0.648. The average Bonchev–Trinajstić information content (AvgIpc) is 2.84. The number of nitrogens with zero attached hydrogens (tertiary/aromatic N) is 2. The van der Waals surface area contributed by atoms with Crippen molar-refractivity contribution in [3.63, 3.8) is 0 Å². The summed E-state index contributed by atoms with van der Waals surface area (Å²) in [5.74, 6) is -1.79. The SMILES string of the molecule is Cc1csc(=O)n1CC(=O)OCC(=O)N1CCC[C@@H](C(N)=O)C1. The van der Waals surface area contributed by atoms with E-state index in [4.69, 9.17) is 10.5 Å². The molecule has 2 rings (SSSR count). The summed E-state index contributed by atoms with van der Waals surface area (Å²) in [6.07, 6.45) is 1.36. The van der Waals surface area contributed by atoms with Gasteiger partial charge in [0.1, 0.15) is 6.54 Å². The second kappa shape index (κ2) is 7.40. The van der Waals surface area contributed by atoms with Gasteiger partial charge in [-0.25, -0.2) is 0 Å². The molecule has 0 unspecified atom stereocenters. The number of aryl methyl sites for hydroxylation is 1. The Morgan fingerprint density at radius 1 is 1.43 bits per heavy atom. The molecule has 1 aliphatic heterocycles. The molecule has 0 spiro atoms. The van der Waals surface area contributed by atoms with Crippen LogP contribution in [0.4, 0.5) is 0 Å². The summed E-state index contributed by atoms with van der Waals surface area (Å²) in [5, 5.41) is 1.65. The van der Waals surface area contributed by atoms with Crippen molar-refractivity contribution in [3.05, 3.63) is 20.7 Å². The summed E-state index contributed by atoms with van der Waals surface area (Å²) in [6, 6.07) is 0. The number of piperidine rings is 1. The summed E-state index contributed by atoms with van der Waals surface area (Å²) in [4.78, 5) is 47.7. The summed E-state index contributed by atoms with van der Waals surface area (Å²) in [6.45, 7) is 1.87. The highest BCUT2D eigenvalue weighted by Gasteiger charge is 2.27. The fraction of sp³-hybridized carbons (Fsp3) is 0.571. The van der Waals surface area contributed by atoms with Gasteiger partial charge < -0.3 is 15.4 Å². The van der Waals surface area contributed by atoms with Crippen LogP contribution in [0.1, 0.15) is 18.5 Å². The van der Waals surface area contributed by atoms with Gasteiger partial charge in [-0.05, 0) is 19.8 Å². The van der Waals surface area contributed by atoms with Crippen LogP contribution in [-0.4, -0.2) is 46.9 Å². The van der Waals surface area contributed by atoms with Crippen LogP contribution in [-0.2, 0) is 25.7 Å². The fourth-order valence-electron chi connectivity index (χ4n) is 2.44. The van der Waals surface area contributed by atoms with Crippen LogP contribution in [0.15, 0.2) is 10.2 Å². The highest BCUT2D eigenvalue weighted by atomic mass is 32.1. The van der Waals surface area contributed by atoms with Gasteiger partial charge in [0.2, 0.25) is 5.91 Å². The standard InChI is InChI=1S/C14H19N3O5S/c1-9-8-23-14(21)17(9)6-12(19)22-7-11(18)16-4-2-3-10(5-16)13(15)20/h8,10H,2-7H2,1H3,(H2,15,20)/t10-/m1/s1. The maximum Gasteiger partial charge on any atom is 0.326 e. The van der Waals surface area contributed by atoms with Gasteiger partial charge in [-0.2, -0.15) is 0 Å². The second-order valence-corrected chi connectivity index (χ2v) is 6.29. The normalized spacial score (nSPS) is 17.8. The molecule has 1 aromatic heterocycles. The number of thiazole rings is 1. The van der Waals surface area contributed by atoms with Crippen molar-refractivity contribution in [2.75, 3.05) is 19.7 Å². The molecule has 0 saturated carbocycles. The number of hydrogen-bond donors (Lipinski definition) is 1. The Morgan fingerprint density at radius 3 is 2.78 bits per heavy atom. The molecule has 23 heavy (non-hydrogen) atoms. The van der Waals surface area contributed by atoms with E-state index in [1.807, 2.05) is 0 Å². The van der Waals surface area contributed by atoms with E-state index < -0.39 is 18.5 Å². The molecule has 0 aliphatic carbocycles. The van der Waals surface area contributed by atoms with E-state index in [2.05, 4.69) is 0 Å². The first kappa shape index (κ1) is 17.2. The lowest BCUT2D eigenvalue weighted by molar-refractivity contribution is -0.153. The van der Waals surface area contributed by atoms with Crippen molar-refractivity contribution in [3.8, 4) is 0 Å². The predicted octanol–water partition coefficient (Wildman–Crippen LogP) is -0.515. The zero-order chi connectivity index (χ0) is 17.0. The van der Waals surface area contributed by atoms with Gasteiger partial charge in [0.05, 0.1) is 5.92 Å². The number of aromatic nitrogens is 1. The molecule has 9 heteroatoms. The maximum absolute atomic E-state index is 12.0. The number of primary amides is 1. The third-order valence-electron chi connectivity index (χ3n) is 3.80. The van der Waals surface area contributed by atoms with Gasteiger partial charge in [0.25, 0.3) is 5.91 Å². The smallest absolute Gasteiger partial charge is 0.326 e. The molecule has 8 nitrogen and oxygen atoms in total. The highest BCUT2D eigenvalue weighted by molar-refractivity contribution is 7.07. The second-order valence-electron chi connectivity index (χ2n) is 5.47. The Morgan fingerprint density at radius 2 is 2.17 bits per heavy atom. The van der Waals surface area contributed by atoms with E-state index >= 15 is 0 Å². The van der Waals surface area contributed by atoms with Gasteiger partial charge in [0.15, 0.2) is 6.61 Å². The number of likely N-dealkylation sites (tertiary alicyclic amines) is 1. The Labute approximate surface area is 136 Å². The molecule has 1 fully saturated rings. The van der Waals surface area contributed by atoms with E-state index in [1.165, 1.54) is 9.47 Å². The molecule has 0 radical (unpaired) electrons. The third kappa shape index (κ3) is 4.41. The Balaban J connectivity index is 1.83. The van der Waals surface area contributed by atoms with E-state index in [0.717, 1.165) is 11.3 Å². The average molecular weight is 341 g/mol. The summed E-state index contributed by atoms with van der Waals surface area (Å²) < 4.78 is 6.23. The van der Waals surface area contributed by atoms with E-state index in [0.29, 0.717) is 25.1 Å². The largest absolute Gasteiger partial charge is 0.454 e. The molecule has 0 bridgehead atoms. The van der Waals surface area contributed by atoms with Crippen LogP contribution in [0, 0.1) is 12.8 Å². The van der Waals surface area contributed by atoms with Crippen molar-refractivity contribution >= 4 is 29.1 Å². The predicted molar refractivity (Wildman–Crippen MR) is 82.8 cm³/mol. The molecule has 126 valence electrons. The van der Waals surface area contributed by atoms with Crippen molar-refractivity contribution < 1.29 is 19.1 Å². The molecule has 0 aromatic carbocycles.